The number of hydrogen-bond donors (Lipinski definition) is 0. The Morgan fingerprint density at radius 3 is 2.29 bits per heavy atom. The Hall–Kier alpha value is -0.730. The summed E-state index contributed by atoms with van der Waals surface area (Å²) in [4.78, 5) is 11.3. The van der Waals surface area contributed by atoms with E-state index in [-0.39, 0.29) is 0 Å². The highest BCUT2D eigenvalue weighted by Gasteiger charge is 1.96. The first kappa shape index (κ1) is 6.27. The van der Waals surface area contributed by atoms with Gasteiger partial charge in [0.2, 0.25) is 0 Å². The summed E-state index contributed by atoms with van der Waals surface area (Å²) >= 11 is 0. The maximum absolute atomic E-state index is 9.97. The summed E-state index contributed by atoms with van der Waals surface area (Å²) < 4.78 is 0. The summed E-state index contributed by atoms with van der Waals surface area (Å²) in [6, 6.07) is -0.623. The molecule has 0 rings (SSSR count). The van der Waals surface area contributed by atoms with Gasteiger partial charge in [-0.15, -0.1) is 0 Å². The molecule has 1 N–H and O–H groups in total. The minimum absolute atomic E-state index is 0.613. The van der Waals surface area contributed by atoms with E-state index in [1.54, 1.807) is 7.05 Å². The van der Waals surface area contributed by atoms with Crippen LogP contribution in [0, 0.1) is 0 Å². The first-order valence-corrected chi connectivity index (χ1v) is 2.15. The molecule has 3 heteroatoms. The lowest BCUT2D eigenvalue weighted by Gasteiger charge is -2.07. The molecule has 0 spiro atoms. The number of nitrogens with zero attached hydrogens (tertiary/aromatic N) is 1. The molecule has 1 radical (unpaired) electrons. The standard InChI is InChI=1S/C4H9N2O/c1-3-6(2)4(5)7/h5H,3H2,1-2H3. The van der Waals surface area contributed by atoms with Crippen LogP contribution in [0.1, 0.15) is 6.92 Å². The van der Waals surface area contributed by atoms with E-state index in [9.17, 15) is 4.79 Å². The third-order valence-corrected chi connectivity index (χ3v) is 0.821. The van der Waals surface area contributed by atoms with Crippen molar-refractivity contribution in [1.82, 2.24) is 10.6 Å². The molecule has 3 nitrogen and oxygen atoms in total. The third kappa shape index (κ3) is 2.03. The highest BCUT2D eigenvalue weighted by Crippen LogP contribution is 1.77. The summed E-state index contributed by atoms with van der Waals surface area (Å²) in [5.74, 6) is 0. The van der Waals surface area contributed by atoms with Gasteiger partial charge in [-0.2, -0.15) is 0 Å². The molecule has 0 aliphatic rings. The molecule has 0 bridgehead atoms. The molecule has 0 atom stereocenters. The van der Waals surface area contributed by atoms with Crippen molar-refractivity contribution in [1.29, 1.82) is 0 Å². The number of urea groups is 1. The fourth-order valence-corrected chi connectivity index (χ4v) is 0.144. The van der Waals surface area contributed by atoms with Gasteiger partial charge in [0.25, 0.3) is 0 Å². The molecule has 0 aliphatic carbocycles. The molecule has 0 saturated heterocycles. The van der Waals surface area contributed by atoms with Crippen molar-refractivity contribution in [2.24, 2.45) is 0 Å². The molecule has 0 aliphatic heterocycles. The molecular formula is C4H9N2O. The minimum atomic E-state index is -0.623. The monoisotopic (exact) mass is 101 g/mol. The number of hydrogen-bond acceptors (Lipinski definition) is 1. The zero-order valence-electron chi connectivity index (χ0n) is 4.56. The first-order valence-electron chi connectivity index (χ1n) is 2.15. The van der Waals surface area contributed by atoms with Crippen molar-refractivity contribution in [2.75, 3.05) is 13.6 Å². The lowest BCUT2D eigenvalue weighted by molar-refractivity contribution is 0.219. The van der Waals surface area contributed by atoms with E-state index in [1.807, 2.05) is 6.92 Å². The molecule has 0 heterocycles. The van der Waals surface area contributed by atoms with E-state index in [0.29, 0.717) is 6.54 Å². The number of amides is 2. The Morgan fingerprint density at radius 1 is 1.86 bits per heavy atom. The Bertz CT molecular complexity index is 72.1. The van der Waals surface area contributed by atoms with Gasteiger partial charge in [-0.25, -0.2) is 10.5 Å². The number of carbonyl (C=O) groups is 1. The van der Waals surface area contributed by atoms with Crippen LogP contribution in [0.25, 0.3) is 0 Å². The molecule has 0 unspecified atom stereocenters. The number of carbonyl (C=O) groups excluding carboxylic acids is 1. The van der Waals surface area contributed by atoms with Crippen LogP contribution in [0.3, 0.4) is 0 Å². The Morgan fingerprint density at radius 2 is 2.29 bits per heavy atom. The molecule has 0 aromatic carbocycles. The summed E-state index contributed by atoms with van der Waals surface area (Å²) in [6.45, 7) is 2.44. The fraction of sp³-hybridized carbons (Fsp3) is 0.750. The normalized spacial score (nSPS) is 8.29. The smallest absolute Gasteiger partial charge is 0.327 e. The zero-order chi connectivity index (χ0) is 5.86. The van der Waals surface area contributed by atoms with Crippen molar-refractivity contribution in [3.63, 3.8) is 0 Å². The molecule has 0 saturated carbocycles. The van der Waals surface area contributed by atoms with E-state index >= 15 is 0 Å². The van der Waals surface area contributed by atoms with Crippen LogP contribution in [-0.4, -0.2) is 24.5 Å². The van der Waals surface area contributed by atoms with E-state index in [4.69, 9.17) is 5.73 Å². The largest absolute Gasteiger partial charge is 0.335 e. The van der Waals surface area contributed by atoms with Crippen molar-refractivity contribution >= 4 is 6.03 Å². The van der Waals surface area contributed by atoms with E-state index in [1.165, 1.54) is 4.90 Å². The fourth-order valence-electron chi connectivity index (χ4n) is 0.144. The van der Waals surface area contributed by atoms with Gasteiger partial charge in [0, 0.05) is 13.6 Å². The average molecular weight is 101 g/mol. The van der Waals surface area contributed by atoms with Crippen LogP contribution in [0.5, 0.6) is 0 Å². The summed E-state index contributed by atoms with van der Waals surface area (Å²) in [5.41, 5.74) is 6.47. The van der Waals surface area contributed by atoms with Crippen molar-refractivity contribution in [2.45, 2.75) is 6.92 Å². The van der Waals surface area contributed by atoms with E-state index in [2.05, 4.69) is 0 Å². The first-order chi connectivity index (χ1) is 3.18. The summed E-state index contributed by atoms with van der Waals surface area (Å²) in [6.07, 6.45) is 0. The van der Waals surface area contributed by atoms with Crippen LogP contribution in [-0.2, 0) is 0 Å². The molecule has 41 valence electrons. The second-order valence-corrected chi connectivity index (χ2v) is 1.32. The zero-order valence-corrected chi connectivity index (χ0v) is 4.56. The highest BCUT2D eigenvalue weighted by atomic mass is 16.2. The maximum Gasteiger partial charge on any atom is 0.335 e. The van der Waals surface area contributed by atoms with Gasteiger partial charge in [-0.05, 0) is 6.92 Å². The Balaban J connectivity index is 3.34. The average Bonchev–Trinajstić information content (AvgIpc) is 1.65. The topological polar surface area (TPSA) is 44.1 Å². The van der Waals surface area contributed by atoms with Gasteiger partial charge in [-0.3, -0.25) is 0 Å². The highest BCUT2D eigenvalue weighted by molar-refractivity contribution is 5.70. The molecule has 0 aromatic heterocycles. The van der Waals surface area contributed by atoms with E-state index in [0.717, 1.165) is 0 Å². The molecule has 0 aromatic rings. The molecule has 7 heavy (non-hydrogen) atoms. The lowest BCUT2D eigenvalue weighted by Crippen LogP contribution is -2.24. The summed E-state index contributed by atoms with van der Waals surface area (Å²) in [7, 11) is 1.59. The van der Waals surface area contributed by atoms with Crippen molar-refractivity contribution in [3.8, 4) is 0 Å². The Labute approximate surface area is 43.1 Å². The van der Waals surface area contributed by atoms with Crippen molar-refractivity contribution < 1.29 is 4.79 Å². The SMILES string of the molecule is CCN(C)C([NH])=O. The van der Waals surface area contributed by atoms with Gasteiger partial charge in [0.05, 0.1) is 0 Å². The van der Waals surface area contributed by atoms with Gasteiger partial charge in [0.1, 0.15) is 0 Å². The number of nitrogens with one attached hydrogen (secondary N) is 1. The van der Waals surface area contributed by atoms with Crippen LogP contribution >= 0.6 is 0 Å². The molecule has 0 fully saturated rings. The van der Waals surface area contributed by atoms with Gasteiger partial charge >= 0.3 is 6.03 Å². The second kappa shape index (κ2) is 2.44. The number of rotatable bonds is 1. The minimum Gasteiger partial charge on any atom is -0.327 e. The third-order valence-electron chi connectivity index (χ3n) is 0.821. The van der Waals surface area contributed by atoms with Gasteiger partial charge in [-0.1, -0.05) is 0 Å². The maximum atomic E-state index is 9.97. The predicted octanol–water partition coefficient (Wildman–Crippen LogP) is 0.341. The predicted molar refractivity (Wildman–Crippen MR) is 26.8 cm³/mol. The van der Waals surface area contributed by atoms with Gasteiger partial charge < -0.3 is 4.90 Å². The quantitative estimate of drug-likeness (QED) is 0.469. The van der Waals surface area contributed by atoms with Crippen molar-refractivity contribution in [3.05, 3.63) is 0 Å². The second-order valence-electron chi connectivity index (χ2n) is 1.32. The van der Waals surface area contributed by atoms with Crippen LogP contribution in [0.15, 0.2) is 0 Å². The van der Waals surface area contributed by atoms with E-state index < -0.39 is 6.03 Å². The lowest BCUT2D eigenvalue weighted by atomic mass is 10.6. The van der Waals surface area contributed by atoms with Crippen LogP contribution < -0.4 is 5.73 Å². The molecular weight excluding hydrogens is 92.1 g/mol. The van der Waals surface area contributed by atoms with Crippen LogP contribution in [0.4, 0.5) is 4.79 Å². The molecule has 2 amide bonds. The summed E-state index contributed by atoms with van der Waals surface area (Å²) in [5, 5.41) is 0. The van der Waals surface area contributed by atoms with Gasteiger partial charge in [0.15, 0.2) is 0 Å². The van der Waals surface area contributed by atoms with Crippen LogP contribution in [0.2, 0.25) is 0 Å². The Kier molecular flexibility index (Phi) is 2.19.